The van der Waals surface area contributed by atoms with Crippen LogP contribution in [0.2, 0.25) is 0 Å². The molecule has 0 radical (unpaired) electrons. The summed E-state index contributed by atoms with van der Waals surface area (Å²) < 4.78 is 29.6. The normalized spacial score (nSPS) is 24.0. The van der Waals surface area contributed by atoms with Crippen molar-refractivity contribution in [2.24, 2.45) is 10.5 Å². The Labute approximate surface area is 141 Å². The lowest BCUT2D eigenvalue weighted by Gasteiger charge is -2.44. The molecule has 0 aromatic heterocycles. The minimum Gasteiger partial charge on any atom is -0.504 e. The fourth-order valence-electron chi connectivity index (χ4n) is 4.08. The zero-order chi connectivity index (χ0) is 17.3. The van der Waals surface area contributed by atoms with Gasteiger partial charge in [0.25, 0.3) is 0 Å². The number of nitroso groups, excluding NO2 is 1. The van der Waals surface area contributed by atoms with Gasteiger partial charge in [0.05, 0.1) is 0 Å². The Morgan fingerprint density at radius 1 is 1.38 bits per heavy atom. The number of phenols is 1. The van der Waals surface area contributed by atoms with Gasteiger partial charge in [-0.2, -0.15) is 8.42 Å². The van der Waals surface area contributed by atoms with Crippen LogP contribution in [-0.2, 0) is 23.1 Å². The number of nitrogens with zero attached hydrogens (tertiary/aromatic N) is 2. The molecule has 1 aromatic carbocycles. The number of likely N-dealkylation sites (tertiary alicyclic amines) is 1. The predicted molar refractivity (Wildman–Crippen MR) is 89.2 cm³/mol. The summed E-state index contributed by atoms with van der Waals surface area (Å²) in [6, 6.07) is 3.67. The number of phenolic OH excluding ortho intramolecular Hbond substituents is 1. The van der Waals surface area contributed by atoms with Gasteiger partial charge in [0.1, 0.15) is 4.58 Å². The van der Waals surface area contributed by atoms with Gasteiger partial charge in [0.15, 0.2) is 11.5 Å². The van der Waals surface area contributed by atoms with Crippen molar-refractivity contribution in [2.75, 3.05) is 13.1 Å². The number of fused-ring (bicyclic) bond motifs is 2. The summed E-state index contributed by atoms with van der Waals surface area (Å²) >= 11 is 0. The molecule has 0 saturated carbocycles. The molecular formula is C16H22N2O5S. The van der Waals surface area contributed by atoms with Gasteiger partial charge >= 0.3 is 10.3 Å². The van der Waals surface area contributed by atoms with E-state index in [0.29, 0.717) is 23.9 Å². The van der Waals surface area contributed by atoms with Gasteiger partial charge in [-0.25, -0.2) is 0 Å². The molecule has 1 aliphatic carbocycles. The van der Waals surface area contributed by atoms with Crippen LogP contribution in [0.25, 0.3) is 0 Å². The third-order valence-corrected chi connectivity index (χ3v) is 5.62. The Morgan fingerprint density at radius 2 is 2.17 bits per heavy atom. The molecular weight excluding hydrogens is 332 g/mol. The first-order valence-electron chi connectivity index (χ1n) is 8.32. The van der Waals surface area contributed by atoms with Crippen molar-refractivity contribution in [1.29, 1.82) is 0 Å². The zero-order valence-corrected chi connectivity index (χ0v) is 14.5. The summed E-state index contributed by atoms with van der Waals surface area (Å²) in [6.45, 7) is 4.32. The van der Waals surface area contributed by atoms with E-state index in [1.807, 2.05) is 10.6 Å². The Balaban J connectivity index is 1.96. The fraction of sp³-hybridized carbons (Fsp3) is 0.625. The van der Waals surface area contributed by atoms with Gasteiger partial charge in [0, 0.05) is 11.6 Å². The highest BCUT2D eigenvalue weighted by atomic mass is 32.2. The van der Waals surface area contributed by atoms with Gasteiger partial charge in [-0.15, -0.1) is 4.91 Å². The van der Waals surface area contributed by atoms with Gasteiger partial charge in [-0.05, 0) is 62.7 Å². The number of aromatic hydroxyl groups is 1. The lowest BCUT2D eigenvalue weighted by atomic mass is 9.75. The highest BCUT2D eigenvalue weighted by Gasteiger charge is 2.37. The molecule has 1 saturated heterocycles. The van der Waals surface area contributed by atoms with E-state index in [1.54, 1.807) is 0 Å². The Kier molecular flexibility index (Phi) is 4.78. The van der Waals surface area contributed by atoms with Crippen molar-refractivity contribution in [2.45, 2.75) is 45.1 Å². The van der Waals surface area contributed by atoms with Crippen LogP contribution < -0.4 is 4.18 Å². The first-order chi connectivity index (χ1) is 11.4. The second-order valence-corrected chi connectivity index (χ2v) is 7.72. The lowest BCUT2D eigenvalue weighted by Crippen LogP contribution is -2.49. The molecule has 1 heterocycles. The molecule has 2 atom stereocenters. The smallest absolute Gasteiger partial charge is 0.463 e. The van der Waals surface area contributed by atoms with E-state index in [2.05, 4.69) is 11.8 Å². The summed E-state index contributed by atoms with van der Waals surface area (Å²) in [5.74, 6) is -0.0207. The number of rotatable bonds is 5. The molecule has 2 aliphatic rings. The SMILES string of the molecule is CCCN1CCC[C@@H]2Cc3c(ccc(O)c3OS(=O)(=O)N=O)CC21. The molecule has 3 rings (SSSR count). The average molecular weight is 354 g/mol. The topological polar surface area (TPSA) is 96.3 Å². The third-order valence-electron chi connectivity index (χ3n) is 5.06. The van der Waals surface area contributed by atoms with Gasteiger partial charge in [0.2, 0.25) is 0 Å². The molecule has 1 unspecified atom stereocenters. The van der Waals surface area contributed by atoms with Crippen LogP contribution >= 0.6 is 0 Å². The van der Waals surface area contributed by atoms with E-state index < -0.39 is 10.3 Å². The molecule has 8 heteroatoms. The second kappa shape index (κ2) is 6.68. The number of benzene rings is 1. The van der Waals surface area contributed by atoms with Crippen LogP contribution in [0.15, 0.2) is 16.7 Å². The molecule has 1 aromatic rings. The molecule has 24 heavy (non-hydrogen) atoms. The highest BCUT2D eigenvalue weighted by Crippen LogP contribution is 2.42. The summed E-state index contributed by atoms with van der Waals surface area (Å²) in [4.78, 5) is 12.9. The fourth-order valence-corrected chi connectivity index (χ4v) is 4.51. The van der Waals surface area contributed by atoms with Crippen LogP contribution in [0.3, 0.4) is 0 Å². The maximum absolute atomic E-state index is 11.4. The van der Waals surface area contributed by atoms with Crippen molar-refractivity contribution in [3.63, 3.8) is 0 Å². The van der Waals surface area contributed by atoms with Crippen LogP contribution in [0.5, 0.6) is 11.5 Å². The highest BCUT2D eigenvalue weighted by molar-refractivity contribution is 7.85. The first kappa shape index (κ1) is 17.2. The van der Waals surface area contributed by atoms with Crippen molar-refractivity contribution in [3.8, 4) is 11.5 Å². The lowest BCUT2D eigenvalue weighted by molar-refractivity contribution is 0.0851. The van der Waals surface area contributed by atoms with Crippen LogP contribution in [-0.4, -0.2) is 37.6 Å². The summed E-state index contributed by atoms with van der Waals surface area (Å²) in [7, 11) is -4.58. The Bertz CT molecular complexity index is 732. The molecule has 0 bridgehead atoms. The van der Waals surface area contributed by atoms with Gasteiger partial charge < -0.3 is 9.29 Å². The minimum atomic E-state index is -4.58. The molecule has 7 nitrogen and oxygen atoms in total. The molecule has 1 fully saturated rings. The zero-order valence-electron chi connectivity index (χ0n) is 13.6. The summed E-state index contributed by atoms with van der Waals surface area (Å²) in [5, 5.41) is 10.0. The largest absolute Gasteiger partial charge is 0.504 e. The summed E-state index contributed by atoms with van der Waals surface area (Å²) in [6.07, 6.45) is 4.71. The van der Waals surface area contributed by atoms with Gasteiger partial charge in [-0.1, -0.05) is 13.0 Å². The van der Waals surface area contributed by atoms with E-state index >= 15 is 0 Å². The van der Waals surface area contributed by atoms with E-state index in [9.17, 15) is 18.4 Å². The Morgan fingerprint density at radius 3 is 2.88 bits per heavy atom. The molecule has 132 valence electrons. The molecule has 0 amide bonds. The first-order valence-corrected chi connectivity index (χ1v) is 9.68. The van der Waals surface area contributed by atoms with E-state index in [0.717, 1.165) is 44.3 Å². The molecule has 0 spiro atoms. The second-order valence-electron chi connectivity index (χ2n) is 6.55. The summed E-state index contributed by atoms with van der Waals surface area (Å²) in [5.41, 5.74) is 1.65. The monoisotopic (exact) mass is 354 g/mol. The Hall–Kier alpha value is -1.67. The average Bonchev–Trinajstić information content (AvgIpc) is 2.57. The van der Waals surface area contributed by atoms with E-state index in [4.69, 9.17) is 4.18 Å². The minimum absolute atomic E-state index is 0.141. The maximum Gasteiger partial charge on any atom is 0.463 e. The van der Waals surface area contributed by atoms with Crippen LogP contribution in [0.1, 0.15) is 37.3 Å². The van der Waals surface area contributed by atoms with Gasteiger partial charge in [-0.3, -0.25) is 4.90 Å². The number of hydrogen-bond donors (Lipinski definition) is 1. The van der Waals surface area contributed by atoms with Crippen molar-refractivity contribution in [1.82, 2.24) is 4.90 Å². The van der Waals surface area contributed by atoms with E-state index in [-0.39, 0.29) is 11.5 Å². The van der Waals surface area contributed by atoms with Crippen molar-refractivity contribution >= 4 is 10.3 Å². The number of hydrogen-bond acceptors (Lipinski definition) is 6. The predicted octanol–water partition coefficient (Wildman–Crippen LogP) is 2.37. The standard InChI is InChI=1S/C16H22N2O5S/c1-2-7-18-8-3-4-12-9-13-11(10-14(12)18)5-6-15(19)16(13)23-24(21,22)17-20/h5-6,12,14,19H,2-4,7-10H2,1H3/t12-,14?/m1/s1. The van der Waals surface area contributed by atoms with Crippen LogP contribution in [0.4, 0.5) is 0 Å². The quantitative estimate of drug-likeness (QED) is 0.816. The maximum atomic E-state index is 11.4. The number of piperidine rings is 1. The molecule has 1 N–H and O–H groups in total. The van der Waals surface area contributed by atoms with Crippen LogP contribution in [0, 0.1) is 10.8 Å². The van der Waals surface area contributed by atoms with Crippen molar-refractivity contribution in [3.05, 3.63) is 28.2 Å². The van der Waals surface area contributed by atoms with Crippen molar-refractivity contribution < 1.29 is 17.7 Å². The van der Waals surface area contributed by atoms with E-state index in [1.165, 1.54) is 6.07 Å². The third kappa shape index (κ3) is 3.25. The molecule has 1 aliphatic heterocycles.